The van der Waals surface area contributed by atoms with Crippen LogP contribution in [0.15, 0.2) is 12.7 Å². The molecule has 0 radical (unpaired) electrons. The van der Waals surface area contributed by atoms with Gasteiger partial charge in [0.15, 0.2) is 0 Å². The molecule has 5 heteroatoms. The average molecular weight is 264 g/mol. The molecule has 0 saturated carbocycles. The van der Waals surface area contributed by atoms with Crippen molar-refractivity contribution < 1.29 is 4.74 Å². The minimum atomic E-state index is 0.0870. The Bertz CT molecular complexity index is 396. The van der Waals surface area contributed by atoms with E-state index in [-0.39, 0.29) is 5.60 Å². The van der Waals surface area contributed by atoms with Crippen LogP contribution in [0.3, 0.4) is 0 Å². The summed E-state index contributed by atoms with van der Waals surface area (Å²) in [5, 5.41) is 4.25. The quantitative estimate of drug-likeness (QED) is 0.836. The Morgan fingerprint density at radius 1 is 1.26 bits per heavy atom. The number of rotatable bonds is 3. The molecular formula is C14H24N4O. The first-order valence-corrected chi connectivity index (χ1v) is 7.37. The molecule has 106 valence electrons. The van der Waals surface area contributed by atoms with Crippen molar-refractivity contribution in [1.82, 2.24) is 19.7 Å². The van der Waals surface area contributed by atoms with Gasteiger partial charge in [-0.3, -0.25) is 0 Å². The van der Waals surface area contributed by atoms with Crippen LogP contribution < -0.4 is 0 Å². The van der Waals surface area contributed by atoms with Gasteiger partial charge in [-0.05, 0) is 39.5 Å². The van der Waals surface area contributed by atoms with Crippen LogP contribution in [0.1, 0.15) is 45.6 Å². The van der Waals surface area contributed by atoms with E-state index < -0.39 is 0 Å². The summed E-state index contributed by atoms with van der Waals surface area (Å²) < 4.78 is 8.09. The summed E-state index contributed by atoms with van der Waals surface area (Å²) in [6.07, 6.45) is 8.61. The van der Waals surface area contributed by atoms with Crippen molar-refractivity contribution in [2.45, 2.75) is 57.3 Å². The monoisotopic (exact) mass is 264 g/mol. The number of aromatic nitrogens is 3. The van der Waals surface area contributed by atoms with Gasteiger partial charge in [0.2, 0.25) is 0 Å². The van der Waals surface area contributed by atoms with E-state index in [1.807, 2.05) is 11.0 Å². The minimum absolute atomic E-state index is 0.0870. The second-order valence-electron chi connectivity index (χ2n) is 6.45. The number of ether oxygens (including phenoxy) is 1. The van der Waals surface area contributed by atoms with Gasteiger partial charge in [-0.1, -0.05) is 0 Å². The summed E-state index contributed by atoms with van der Waals surface area (Å²) in [6, 6.07) is 0.527. The van der Waals surface area contributed by atoms with Crippen molar-refractivity contribution in [3.8, 4) is 0 Å². The first-order chi connectivity index (χ1) is 9.12. The maximum atomic E-state index is 6.08. The number of nitrogens with zero attached hydrogens (tertiary/aromatic N) is 4. The molecule has 1 aromatic heterocycles. The summed E-state index contributed by atoms with van der Waals surface area (Å²) in [7, 11) is 0. The molecular weight excluding hydrogens is 240 g/mol. The molecule has 1 atom stereocenters. The predicted molar refractivity (Wildman–Crippen MR) is 72.9 cm³/mol. The Hall–Kier alpha value is -0.940. The standard InChI is InChI=1S/C14H24N4O/c1-14(2)6-3-13(19-14)9-17-7-4-12(5-8-17)18-11-15-10-16-18/h10-13H,3-9H2,1-2H3. The van der Waals surface area contributed by atoms with Crippen molar-refractivity contribution in [3.63, 3.8) is 0 Å². The van der Waals surface area contributed by atoms with E-state index in [2.05, 4.69) is 28.8 Å². The second kappa shape index (κ2) is 5.21. The molecule has 3 heterocycles. The Balaban J connectivity index is 1.46. The molecule has 2 aliphatic rings. The fourth-order valence-electron chi connectivity index (χ4n) is 3.27. The van der Waals surface area contributed by atoms with Crippen LogP contribution in [0.4, 0.5) is 0 Å². The fourth-order valence-corrected chi connectivity index (χ4v) is 3.27. The molecule has 0 amide bonds. The summed E-state index contributed by atoms with van der Waals surface area (Å²) in [5.74, 6) is 0. The third-order valence-corrected chi connectivity index (χ3v) is 4.38. The lowest BCUT2D eigenvalue weighted by Crippen LogP contribution is -2.40. The van der Waals surface area contributed by atoms with Crippen molar-refractivity contribution in [2.24, 2.45) is 0 Å². The summed E-state index contributed by atoms with van der Waals surface area (Å²) in [4.78, 5) is 6.57. The van der Waals surface area contributed by atoms with E-state index in [4.69, 9.17) is 4.74 Å². The lowest BCUT2D eigenvalue weighted by Gasteiger charge is -2.33. The van der Waals surface area contributed by atoms with E-state index in [0.29, 0.717) is 12.1 Å². The Morgan fingerprint density at radius 3 is 2.63 bits per heavy atom. The van der Waals surface area contributed by atoms with Gasteiger partial charge in [0.1, 0.15) is 12.7 Å². The summed E-state index contributed by atoms with van der Waals surface area (Å²) >= 11 is 0. The van der Waals surface area contributed by atoms with Gasteiger partial charge in [0, 0.05) is 19.6 Å². The number of likely N-dealkylation sites (tertiary alicyclic amines) is 1. The topological polar surface area (TPSA) is 43.2 Å². The lowest BCUT2D eigenvalue weighted by molar-refractivity contribution is -0.0319. The largest absolute Gasteiger partial charge is 0.371 e. The van der Waals surface area contributed by atoms with Crippen molar-refractivity contribution in [3.05, 3.63) is 12.7 Å². The highest BCUT2D eigenvalue weighted by Gasteiger charge is 2.33. The molecule has 3 rings (SSSR count). The van der Waals surface area contributed by atoms with Crippen LogP contribution in [0.2, 0.25) is 0 Å². The molecule has 0 N–H and O–H groups in total. The Kier molecular flexibility index (Phi) is 3.58. The molecule has 1 unspecified atom stereocenters. The highest BCUT2D eigenvalue weighted by Crippen LogP contribution is 2.30. The van der Waals surface area contributed by atoms with E-state index in [9.17, 15) is 0 Å². The first kappa shape index (κ1) is 13.1. The van der Waals surface area contributed by atoms with Crippen molar-refractivity contribution in [2.75, 3.05) is 19.6 Å². The number of piperidine rings is 1. The van der Waals surface area contributed by atoms with Gasteiger partial charge < -0.3 is 9.64 Å². The maximum Gasteiger partial charge on any atom is 0.137 e. The van der Waals surface area contributed by atoms with Crippen LogP contribution in [0.25, 0.3) is 0 Å². The van der Waals surface area contributed by atoms with E-state index >= 15 is 0 Å². The van der Waals surface area contributed by atoms with Crippen LogP contribution >= 0.6 is 0 Å². The third-order valence-electron chi connectivity index (χ3n) is 4.38. The van der Waals surface area contributed by atoms with Crippen LogP contribution in [0.5, 0.6) is 0 Å². The first-order valence-electron chi connectivity index (χ1n) is 7.37. The SMILES string of the molecule is CC1(C)CCC(CN2CCC(n3cncn3)CC2)O1. The molecule has 2 saturated heterocycles. The highest BCUT2D eigenvalue weighted by atomic mass is 16.5. The second-order valence-corrected chi connectivity index (χ2v) is 6.45. The predicted octanol–water partition coefficient (Wildman–Crippen LogP) is 1.87. The van der Waals surface area contributed by atoms with E-state index in [1.54, 1.807) is 6.33 Å². The average Bonchev–Trinajstić information content (AvgIpc) is 3.00. The van der Waals surface area contributed by atoms with E-state index in [0.717, 1.165) is 19.6 Å². The molecule has 2 fully saturated rings. The molecule has 0 spiro atoms. The fraction of sp³-hybridized carbons (Fsp3) is 0.857. The number of hydrogen-bond acceptors (Lipinski definition) is 4. The maximum absolute atomic E-state index is 6.08. The Labute approximate surface area is 114 Å². The molecule has 0 bridgehead atoms. The minimum Gasteiger partial charge on any atom is -0.371 e. The molecule has 0 aliphatic carbocycles. The normalized spacial score (nSPS) is 28.8. The zero-order valence-corrected chi connectivity index (χ0v) is 12.0. The number of hydrogen-bond donors (Lipinski definition) is 0. The molecule has 19 heavy (non-hydrogen) atoms. The molecule has 5 nitrogen and oxygen atoms in total. The van der Waals surface area contributed by atoms with E-state index in [1.165, 1.54) is 25.7 Å². The third kappa shape index (κ3) is 3.15. The van der Waals surface area contributed by atoms with Gasteiger partial charge in [0.05, 0.1) is 17.7 Å². The molecule has 0 aromatic carbocycles. The summed E-state index contributed by atoms with van der Waals surface area (Å²) in [6.45, 7) is 7.77. The smallest absolute Gasteiger partial charge is 0.137 e. The van der Waals surface area contributed by atoms with Gasteiger partial charge in [-0.25, -0.2) is 9.67 Å². The summed E-state index contributed by atoms with van der Waals surface area (Å²) in [5.41, 5.74) is 0.0870. The van der Waals surface area contributed by atoms with Gasteiger partial charge in [-0.2, -0.15) is 5.10 Å². The van der Waals surface area contributed by atoms with Crippen LogP contribution in [-0.4, -0.2) is 51.0 Å². The van der Waals surface area contributed by atoms with Gasteiger partial charge in [-0.15, -0.1) is 0 Å². The molecule has 2 aliphatic heterocycles. The zero-order chi connectivity index (χ0) is 13.3. The van der Waals surface area contributed by atoms with Gasteiger partial charge in [0.25, 0.3) is 0 Å². The Morgan fingerprint density at radius 2 is 2.05 bits per heavy atom. The highest BCUT2D eigenvalue weighted by molar-refractivity contribution is 4.84. The van der Waals surface area contributed by atoms with Crippen molar-refractivity contribution in [1.29, 1.82) is 0 Å². The lowest BCUT2D eigenvalue weighted by atomic mass is 10.0. The zero-order valence-electron chi connectivity index (χ0n) is 12.0. The van der Waals surface area contributed by atoms with Crippen LogP contribution in [0, 0.1) is 0 Å². The van der Waals surface area contributed by atoms with Crippen molar-refractivity contribution >= 4 is 0 Å². The van der Waals surface area contributed by atoms with Gasteiger partial charge >= 0.3 is 0 Å². The molecule has 1 aromatic rings. The van der Waals surface area contributed by atoms with Crippen LogP contribution in [-0.2, 0) is 4.74 Å².